The molecule has 1 aromatic carbocycles. The van der Waals surface area contributed by atoms with E-state index in [1.165, 1.54) is 21.4 Å². The van der Waals surface area contributed by atoms with Gasteiger partial charge in [-0.25, -0.2) is 0 Å². The molecule has 0 spiro atoms. The van der Waals surface area contributed by atoms with Crippen LogP contribution in [0.3, 0.4) is 0 Å². The van der Waals surface area contributed by atoms with E-state index < -0.39 is 0 Å². The molecule has 0 saturated carbocycles. The van der Waals surface area contributed by atoms with Crippen molar-refractivity contribution in [3.05, 3.63) is 74.8 Å². The van der Waals surface area contributed by atoms with Crippen LogP contribution in [0.25, 0.3) is 22.4 Å². The van der Waals surface area contributed by atoms with Gasteiger partial charge in [-0.05, 0) is 34.8 Å². The number of thiazole rings is 1. The molecule has 0 radical (unpaired) electrons. The van der Waals surface area contributed by atoms with E-state index in [4.69, 9.17) is 0 Å². The summed E-state index contributed by atoms with van der Waals surface area (Å²) in [6.45, 7) is 6.55. The minimum absolute atomic E-state index is 0.110. The van der Waals surface area contributed by atoms with Crippen molar-refractivity contribution in [3.8, 4) is 11.4 Å². The van der Waals surface area contributed by atoms with Gasteiger partial charge >= 0.3 is 0 Å². The Morgan fingerprint density at radius 1 is 1.04 bits per heavy atom. The number of benzene rings is 1. The third-order valence-electron chi connectivity index (χ3n) is 4.19. The Bertz CT molecular complexity index is 1170. The zero-order valence-corrected chi connectivity index (χ0v) is 15.6. The molecule has 26 heavy (non-hydrogen) atoms. The summed E-state index contributed by atoms with van der Waals surface area (Å²) in [5.74, 6) is 0.539. The quantitative estimate of drug-likeness (QED) is 0.550. The average Bonchev–Trinajstić information content (AvgIpc) is 3.16. The molecule has 0 amide bonds. The normalized spacial score (nSPS) is 12.8. The summed E-state index contributed by atoms with van der Waals surface area (Å²) in [5.41, 5.74) is 3.07. The van der Waals surface area contributed by atoms with Crippen molar-refractivity contribution in [1.82, 2.24) is 19.6 Å². The van der Waals surface area contributed by atoms with Gasteiger partial charge in [0, 0.05) is 18.0 Å². The number of hydrogen-bond donors (Lipinski definition) is 0. The summed E-state index contributed by atoms with van der Waals surface area (Å²) in [5, 5.41) is 4.35. The fraction of sp³-hybridized carbons (Fsp3) is 0.200. The average molecular weight is 362 g/mol. The number of aromatic nitrogens is 4. The zero-order valence-electron chi connectivity index (χ0n) is 14.8. The Labute approximate surface area is 154 Å². The van der Waals surface area contributed by atoms with Gasteiger partial charge in [-0.15, -0.1) is 5.10 Å². The molecule has 0 unspecified atom stereocenters. The molecular weight excluding hydrogens is 344 g/mol. The molecule has 4 rings (SSSR count). The van der Waals surface area contributed by atoms with Crippen LogP contribution in [0.15, 0.2) is 53.6 Å². The second-order valence-electron chi connectivity index (χ2n) is 7.15. The van der Waals surface area contributed by atoms with Crippen molar-refractivity contribution in [1.29, 1.82) is 0 Å². The maximum absolute atomic E-state index is 12.6. The molecule has 5 nitrogen and oxygen atoms in total. The Hall–Kier alpha value is -2.86. The summed E-state index contributed by atoms with van der Waals surface area (Å²) >= 11 is 1.35. The van der Waals surface area contributed by atoms with Crippen LogP contribution >= 0.6 is 11.3 Å². The summed E-state index contributed by atoms with van der Waals surface area (Å²) in [6.07, 6.45) is 5.26. The molecule has 6 heteroatoms. The van der Waals surface area contributed by atoms with E-state index >= 15 is 0 Å². The number of rotatable bonds is 2. The zero-order chi connectivity index (χ0) is 18.3. The Morgan fingerprint density at radius 2 is 1.73 bits per heavy atom. The predicted octanol–water partition coefficient (Wildman–Crippen LogP) is 3.06. The van der Waals surface area contributed by atoms with Gasteiger partial charge < -0.3 is 0 Å². The van der Waals surface area contributed by atoms with Crippen LogP contribution in [0.4, 0.5) is 0 Å². The van der Waals surface area contributed by atoms with Crippen LogP contribution < -0.4 is 10.1 Å². The van der Waals surface area contributed by atoms with Crippen LogP contribution in [0.1, 0.15) is 31.9 Å². The molecule has 0 fully saturated rings. The molecule has 130 valence electrons. The van der Waals surface area contributed by atoms with Gasteiger partial charge in [0.1, 0.15) is 0 Å². The lowest BCUT2D eigenvalue weighted by Gasteiger charge is -2.18. The van der Waals surface area contributed by atoms with Gasteiger partial charge in [0.2, 0.25) is 4.96 Å². The molecule has 3 heterocycles. The van der Waals surface area contributed by atoms with Crippen LogP contribution in [0.2, 0.25) is 0 Å². The molecule has 4 aromatic rings. The molecule has 0 saturated heterocycles. The van der Waals surface area contributed by atoms with Crippen LogP contribution in [-0.4, -0.2) is 19.6 Å². The molecule has 0 aliphatic heterocycles. The Morgan fingerprint density at radius 3 is 2.35 bits per heavy atom. The molecule has 0 aliphatic rings. The SMILES string of the molecule is CC(C)(C)c1ccc(/C=c2/sc3nc(-c4ccncc4)nn3c2=O)cc1. The number of pyridine rings is 1. The topological polar surface area (TPSA) is 60.1 Å². The second-order valence-corrected chi connectivity index (χ2v) is 8.16. The minimum Gasteiger partial charge on any atom is -0.266 e. The number of hydrogen-bond acceptors (Lipinski definition) is 5. The van der Waals surface area contributed by atoms with Crippen molar-refractivity contribution < 1.29 is 0 Å². The van der Waals surface area contributed by atoms with Crippen LogP contribution in [0, 0.1) is 0 Å². The fourth-order valence-electron chi connectivity index (χ4n) is 2.69. The van der Waals surface area contributed by atoms with Gasteiger partial charge in [-0.2, -0.15) is 9.50 Å². The highest BCUT2D eigenvalue weighted by molar-refractivity contribution is 7.15. The molecule has 0 aliphatic carbocycles. The molecular formula is C20H18N4OS. The lowest BCUT2D eigenvalue weighted by Crippen LogP contribution is -2.23. The van der Waals surface area contributed by atoms with Crippen molar-refractivity contribution in [2.45, 2.75) is 26.2 Å². The Balaban J connectivity index is 1.74. The lowest BCUT2D eigenvalue weighted by molar-refractivity contribution is 0.590. The summed E-state index contributed by atoms with van der Waals surface area (Å²) in [4.78, 5) is 21.7. The third-order valence-corrected chi connectivity index (χ3v) is 5.15. The van der Waals surface area contributed by atoms with E-state index in [1.54, 1.807) is 12.4 Å². The first-order valence-corrected chi connectivity index (χ1v) is 9.16. The van der Waals surface area contributed by atoms with E-state index in [0.717, 1.165) is 11.1 Å². The highest BCUT2D eigenvalue weighted by Crippen LogP contribution is 2.22. The maximum atomic E-state index is 12.6. The monoisotopic (exact) mass is 362 g/mol. The molecule has 0 N–H and O–H groups in total. The highest BCUT2D eigenvalue weighted by atomic mass is 32.1. The first kappa shape index (κ1) is 16.6. The van der Waals surface area contributed by atoms with E-state index in [0.29, 0.717) is 15.3 Å². The largest absolute Gasteiger partial charge is 0.291 e. The lowest BCUT2D eigenvalue weighted by atomic mass is 9.87. The summed E-state index contributed by atoms with van der Waals surface area (Å²) < 4.78 is 2.00. The minimum atomic E-state index is -0.141. The third kappa shape index (κ3) is 3.04. The van der Waals surface area contributed by atoms with Gasteiger partial charge in [-0.1, -0.05) is 56.4 Å². The van der Waals surface area contributed by atoms with Gasteiger partial charge in [0.05, 0.1) is 4.53 Å². The van der Waals surface area contributed by atoms with E-state index in [1.807, 2.05) is 30.3 Å². The summed E-state index contributed by atoms with van der Waals surface area (Å²) in [6, 6.07) is 11.9. The first-order valence-electron chi connectivity index (χ1n) is 8.34. The van der Waals surface area contributed by atoms with Crippen LogP contribution in [0.5, 0.6) is 0 Å². The number of nitrogens with zero attached hydrogens (tertiary/aromatic N) is 4. The molecule has 0 atom stereocenters. The fourth-order valence-corrected chi connectivity index (χ4v) is 3.60. The van der Waals surface area contributed by atoms with E-state index in [-0.39, 0.29) is 11.0 Å². The van der Waals surface area contributed by atoms with Gasteiger partial charge in [-0.3, -0.25) is 9.78 Å². The van der Waals surface area contributed by atoms with Gasteiger partial charge in [0.25, 0.3) is 5.56 Å². The van der Waals surface area contributed by atoms with Crippen molar-refractivity contribution in [2.24, 2.45) is 0 Å². The van der Waals surface area contributed by atoms with Crippen molar-refractivity contribution >= 4 is 22.4 Å². The smallest absolute Gasteiger partial charge is 0.266 e. The van der Waals surface area contributed by atoms with Crippen molar-refractivity contribution in [3.63, 3.8) is 0 Å². The Kier molecular flexibility index (Phi) is 3.92. The maximum Gasteiger partial charge on any atom is 0.291 e. The molecule has 3 aromatic heterocycles. The molecule has 0 bridgehead atoms. The highest BCUT2D eigenvalue weighted by Gasteiger charge is 2.13. The summed E-state index contributed by atoms with van der Waals surface area (Å²) in [7, 11) is 0. The number of fused-ring (bicyclic) bond motifs is 1. The van der Waals surface area contributed by atoms with Crippen molar-refractivity contribution in [2.75, 3.05) is 0 Å². The first-order chi connectivity index (χ1) is 12.4. The standard InChI is InChI=1S/C20H18N4OS/c1-20(2,3)15-6-4-13(5-7-15)12-16-18(25)24-19(26-16)22-17(23-24)14-8-10-21-11-9-14/h4-12H,1-3H3/b16-12+. The second kappa shape index (κ2) is 6.14. The van der Waals surface area contributed by atoms with E-state index in [2.05, 4.69) is 48.0 Å². The van der Waals surface area contributed by atoms with Crippen LogP contribution in [-0.2, 0) is 5.41 Å². The van der Waals surface area contributed by atoms with Gasteiger partial charge in [0.15, 0.2) is 5.82 Å². The van der Waals surface area contributed by atoms with E-state index in [9.17, 15) is 4.79 Å². The predicted molar refractivity (Wildman–Crippen MR) is 104 cm³/mol.